The molecule has 1 aliphatic heterocycles. The highest BCUT2D eigenvalue weighted by Gasteiger charge is 2.40. The Morgan fingerprint density at radius 3 is 2.85 bits per heavy atom. The molecule has 26 heavy (non-hydrogen) atoms. The van der Waals surface area contributed by atoms with Crippen molar-refractivity contribution in [1.29, 1.82) is 0 Å². The first-order valence-corrected chi connectivity index (χ1v) is 10.6. The summed E-state index contributed by atoms with van der Waals surface area (Å²) in [5.41, 5.74) is 4.84. The molecule has 1 atom stereocenters. The number of fused-ring (bicyclic) bond motifs is 1. The summed E-state index contributed by atoms with van der Waals surface area (Å²) in [5, 5.41) is 5.44. The van der Waals surface area contributed by atoms with Crippen LogP contribution in [-0.4, -0.2) is 23.9 Å². The molecule has 2 heterocycles. The summed E-state index contributed by atoms with van der Waals surface area (Å²) in [7, 11) is 0. The van der Waals surface area contributed by atoms with Crippen LogP contribution in [0.15, 0.2) is 29.6 Å². The molecule has 0 bridgehead atoms. The van der Waals surface area contributed by atoms with Crippen LogP contribution in [0.25, 0.3) is 0 Å². The van der Waals surface area contributed by atoms with Crippen LogP contribution < -0.4 is 5.32 Å². The monoisotopic (exact) mass is 368 g/mol. The summed E-state index contributed by atoms with van der Waals surface area (Å²) in [5.74, 6) is 1.25. The summed E-state index contributed by atoms with van der Waals surface area (Å²) >= 11 is 1.88. The number of hydrogen-bond acceptors (Lipinski definition) is 3. The molecule has 0 saturated heterocycles. The zero-order valence-electron chi connectivity index (χ0n) is 15.9. The van der Waals surface area contributed by atoms with E-state index in [4.69, 9.17) is 0 Å². The van der Waals surface area contributed by atoms with Crippen LogP contribution in [0.3, 0.4) is 0 Å². The molecule has 0 spiro atoms. The van der Waals surface area contributed by atoms with Crippen LogP contribution in [0, 0.1) is 12.8 Å². The zero-order valence-corrected chi connectivity index (χ0v) is 16.7. The van der Waals surface area contributed by atoms with Crippen LogP contribution in [-0.2, 0) is 11.2 Å². The van der Waals surface area contributed by atoms with Gasteiger partial charge in [0.2, 0.25) is 5.91 Å². The average Bonchev–Trinajstić information content (AvgIpc) is 3.32. The molecule has 138 valence electrons. The summed E-state index contributed by atoms with van der Waals surface area (Å²) in [6, 6.07) is 9.00. The molecule has 2 aromatic rings. The number of rotatable bonds is 5. The summed E-state index contributed by atoms with van der Waals surface area (Å²) in [6.45, 7) is 7.91. The highest BCUT2D eigenvalue weighted by atomic mass is 32.1. The van der Waals surface area contributed by atoms with Crippen molar-refractivity contribution in [2.75, 3.05) is 18.4 Å². The lowest BCUT2D eigenvalue weighted by molar-refractivity contribution is -0.118. The van der Waals surface area contributed by atoms with Gasteiger partial charge in [-0.3, -0.25) is 9.69 Å². The quantitative estimate of drug-likeness (QED) is 0.794. The number of nitrogens with one attached hydrogen (secondary N) is 1. The molecule has 4 heteroatoms. The Balaban J connectivity index is 1.51. The molecule has 3 nitrogen and oxygen atoms in total. The second-order valence-electron chi connectivity index (χ2n) is 8.04. The molecule has 1 aliphatic carbocycles. The van der Waals surface area contributed by atoms with E-state index in [1.807, 2.05) is 11.3 Å². The van der Waals surface area contributed by atoms with E-state index in [-0.39, 0.29) is 5.91 Å². The average molecular weight is 369 g/mol. The highest BCUT2D eigenvalue weighted by molar-refractivity contribution is 7.10. The van der Waals surface area contributed by atoms with Crippen LogP contribution in [0.1, 0.15) is 60.2 Å². The maximum Gasteiger partial charge on any atom is 0.238 e. The highest BCUT2D eigenvalue weighted by Crippen LogP contribution is 2.48. The van der Waals surface area contributed by atoms with Crippen molar-refractivity contribution in [2.45, 2.75) is 52.0 Å². The second kappa shape index (κ2) is 7.16. The van der Waals surface area contributed by atoms with Gasteiger partial charge in [0, 0.05) is 23.2 Å². The fraction of sp³-hybridized carbons (Fsp3) is 0.500. The van der Waals surface area contributed by atoms with Crippen molar-refractivity contribution in [2.24, 2.45) is 5.92 Å². The van der Waals surface area contributed by atoms with Gasteiger partial charge < -0.3 is 5.32 Å². The third-order valence-corrected chi connectivity index (χ3v) is 6.72. The predicted octanol–water partition coefficient (Wildman–Crippen LogP) is 5.13. The minimum atomic E-state index is 0.116. The number of amides is 1. The number of carbonyl (C=O) groups excluding carboxylic acids is 1. The van der Waals surface area contributed by atoms with E-state index >= 15 is 0 Å². The lowest BCUT2D eigenvalue weighted by atomic mass is 9.95. The van der Waals surface area contributed by atoms with E-state index in [0.717, 1.165) is 30.1 Å². The van der Waals surface area contributed by atoms with Gasteiger partial charge in [0.05, 0.1) is 6.54 Å². The van der Waals surface area contributed by atoms with Gasteiger partial charge in [0.15, 0.2) is 0 Å². The van der Waals surface area contributed by atoms with Crippen LogP contribution in [0.4, 0.5) is 5.69 Å². The van der Waals surface area contributed by atoms with Crippen molar-refractivity contribution >= 4 is 22.9 Å². The topological polar surface area (TPSA) is 32.3 Å². The minimum Gasteiger partial charge on any atom is -0.324 e. The number of carbonyl (C=O) groups is 1. The van der Waals surface area contributed by atoms with Crippen LogP contribution in [0.5, 0.6) is 0 Å². The predicted molar refractivity (Wildman–Crippen MR) is 109 cm³/mol. The lowest BCUT2D eigenvalue weighted by Gasteiger charge is -2.35. The SMILES string of the molecule is Cc1cccc(C(C)C)c1NC(=O)CN1CCc2sccc2[C@H]1C1CC1. The fourth-order valence-corrected chi connectivity index (χ4v) is 5.16. The molecule has 0 unspecified atom stereocenters. The van der Waals surface area contributed by atoms with Crippen molar-refractivity contribution < 1.29 is 4.79 Å². The molecule has 2 aliphatic rings. The molecule has 1 saturated carbocycles. The van der Waals surface area contributed by atoms with Crippen molar-refractivity contribution in [3.05, 3.63) is 51.2 Å². The molecule has 0 radical (unpaired) electrons. The molecule has 1 N–H and O–H groups in total. The lowest BCUT2D eigenvalue weighted by Crippen LogP contribution is -2.41. The largest absolute Gasteiger partial charge is 0.324 e. The van der Waals surface area contributed by atoms with E-state index in [9.17, 15) is 4.79 Å². The van der Waals surface area contributed by atoms with Crippen LogP contribution >= 0.6 is 11.3 Å². The summed E-state index contributed by atoms with van der Waals surface area (Å²) in [6.07, 6.45) is 3.67. The minimum absolute atomic E-state index is 0.116. The normalized spacial score (nSPS) is 20.2. The molecular formula is C22H28N2OS. The third kappa shape index (κ3) is 3.45. The molecular weight excluding hydrogens is 340 g/mol. The molecule has 1 fully saturated rings. The number of hydrogen-bond donors (Lipinski definition) is 1. The number of aryl methyl sites for hydroxylation is 1. The maximum absolute atomic E-state index is 12.9. The van der Waals surface area contributed by atoms with E-state index in [2.05, 4.69) is 60.6 Å². The fourth-order valence-electron chi connectivity index (χ4n) is 4.25. The van der Waals surface area contributed by atoms with Gasteiger partial charge in [-0.2, -0.15) is 0 Å². The number of nitrogens with zero attached hydrogens (tertiary/aromatic N) is 1. The van der Waals surface area contributed by atoms with Crippen LogP contribution in [0.2, 0.25) is 0 Å². The van der Waals surface area contributed by atoms with Gasteiger partial charge in [-0.25, -0.2) is 0 Å². The van der Waals surface area contributed by atoms with Crippen molar-refractivity contribution in [3.8, 4) is 0 Å². The first kappa shape index (κ1) is 17.7. The Bertz CT molecular complexity index is 806. The van der Waals surface area contributed by atoms with E-state index < -0.39 is 0 Å². The van der Waals surface area contributed by atoms with Gasteiger partial charge >= 0.3 is 0 Å². The summed E-state index contributed by atoms with van der Waals surface area (Å²) in [4.78, 5) is 16.8. The van der Waals surface area contributed by atoms with E-state index in [1.165, 1.54) is 28.8 Å². The van der Waals surface area contributed by atoms with Crippen molar-refractivity contribution in [3.63, 3.8) is 0 Å². The molecule has 1 aromatic carbocycles. The van der Waals surface area contributed by atoms with Crippen molar-refractivity contribution in [1.82, 2.24) is 4.90 Å². The standard InChI is InChI=1S/C22H28N2OS/c1-14(2)17-6-4-5-15(3)21(17)23-20(25)13-24-11-9-19-18(10-12-26-19)22(24)16-7-8-16/h4-6,10,12,14,16,22H,7-9,11,13H2,1-3H3,(H,23,25)/t22-/m1/s1. The number of para-hydroxylation sites is 1. The number of benzene rings is 1. The first-order valence-electron chi connectivity index (χ1n) is 9.74. The summed E-state index contributed by atoms with van der Waals surface area (Å²) < 4.78 is 0. The third-order valence-electron chi connectivity index (χ3n) is 5.72. The Morgan fingerprint density at radius 1 is 1.31 bits per heavy atom. The maximum atomic E-state index is 12.9. The van der Waals surface area contributed by atoms with Gasteiger partial charge in [-0.15, -0.1) is 11.3 Å². The first-order chi connectivity index (χ1) is 12.5. The van der Waals surface area contributed by atoms with Gasteiger partial charge in [-0.05, 0) is 66.2 Å². The molecule has 1 aromatic heterocycles. The van der Waals surface area contributed by atoms with Gasteiger partial charge in [0.1, 0.15) is 0 Å². The van der Waals surface area contributed by atoms with Gasteiger partial charge in [0.25, 0.3) is 0 Å². The van der Waals surface area contributed by atoms with Gasteiger partial charge in [-0.1, -0.05) is 32.0 Å². The smallest absolute Gasteiger partial charge is 0.238 e. The Morgan fingerprint density at radius 2 is 2.12 bits per heavy atom. The number of thiophene rings is 1. The Hall–Kier alpha value is -1.65. The Labute approximate surface area is 160 Å². The zero-order chi connectivity index (χ0) is 18.3. The van der Waals surface area contributed by atoms with E-state index in [0.29, 0.717) is 18.5 Å². The van der Waals surface area contributed by atoms with E-state index in [1.54, 1.807) is 0 Å². The Kier molecular flexibility index (Phi) is 4.89. The second-order valence-corrected chi connectivity index (χ2v) is 9.04. The molecule has 4 rings (SSSR count). The molecule has 1 amide bonds. The number of anilines is 1.